The zero-order chi connectivity index (χ0) is 13.4. The molecule has 1 heterocycles. The first-order chi connectivity index (χ1) is 8.69. The number of amides is 1. The molecule has 5 nitrogen and oxygen atoms in total. The molecule has 1 fully saturated rings. The molecule has 0 radical (unpaired) electrons. The fourth-order valence-corrected chi connectivity index (χ4v) is 2.65. The largest absolute Gasteiger partial charge is 0.368 e. The molecule has 1 aliphatic heterocycles. The Morgan fingerprint density at radius 1 is 1.22 bits per heavy atom. The summed E-state index contributed by atoms with van der Waals surface area (Å²) < 4.78 is 0. The highest BCUT2D eigenvalue weighted by Crippen LogP contribution is 2.10. The molecule has 1 rings (SSSR count). The average molecular weight is 256 g/mol. The minimum absolute atomic E-state index is 0.0889. The summed E-state index contributed by atoms with van der Waals surface area (Å²) in [6.07, 6.45) is 4.19. The van der Waals surface area contributed by atoms with Gasteiger partial charge in [-0.1, -0.05) is 6.92 Å². The number of primary amides is 1. The van der Waals surface area contributed by atoms with E-state index < -0.39 is 0 Å². The molecule has 106 valence electrons. The fraction of sp³-hybridized carbons (Fsp3) is 0.923. The van der Waals surface area contributed by atoms with Crippen molar-refractivity contribution in [3.05, 3.63) is 0 Å². The Hall–Kier alpha value is -0.650. The molecule has 18 heavy (non-hydrogen) atoms. The van der Waals surface area contributed by atoms with Crippen LogP contribution in [0, 0.1) is 0 Å². The van der Waals surface area contributed by atoms with Gasteiger partial charge in [0.15, 0.2) is 0 Å². The van der Waals surface area contributed by atoms with Crippen LogP contribution in [0.2, 0.25) is 0 Å². The second-order valence-electron chi connectivity index (χ2n) is 5.05. The van der Waals surface area contributed by atoms with Crippen LogP contribution in [-0.4, -0.2) is 61.0 Å². The smallest absolute Gasteiger partial charge is 0.234 e. The Bertz CT molecular complexity index is 247. The van der Waals surface area contributed by atoms with E-state index in [9.17, 15) is 4.79 Å². The minimum Gasteiger partial charge on any atom is -0.368 e. The van der Waals surface area contributed by atoms with Gasteiger partial charge in [0, 0.05) is 19.6 Å². The Morgan fingerprint density at radius 3 is 2.61 bits per heavy atom. The van der Waals surface area contributed by atoms with Crippen molar-refractivity contribution in [2.45, 2.75) is 38.6 Å². The van der Waals surface area contributed by atoms with E-state index >= 15 is 0 Å². The van der Waals surface area contributed by atoms with Gasteiger partial charge in [0.1, 0.15) is 0 Å². The average Bonchev–Trinajstić information content (AvgIpc) is 2.56. The van der Waals surface area contributed by atoms with E-state index in [1.165, 1.54) is 6.42 Å². The summed E-state index contributed by atoms with van der Waals surface area (Å²) >= 11 is 0. The number of nitrogens with zero attached hydrogens (tertiary/aromatic N) is 2. The standard InChI is InChI=1S/C13H28N4O/c1-2-12(13(15)18)17-9-5-8-16(10-11-17)7-4-3-6-14/h12H,2-11,14H2,1H3,(H2,15,18). The van der Waals surface area contributed by atoms with Crippen LogP contribution < -0.4 is 11.5 Å². The summed E-state index contributed by atoms with van der Waals surface area (Å²) in [6.45, 7) is 8.01. The topological polar surface area (TPSA) is 75.6 Å². The van der Waals surface area contributed by atoms with E-state index in [0.29, 0.717) is 0 Å². The second-order valence-corrected chi connectivity index (χ2v) is 5.05. The molecule has 4 N–H and O–H groups in total. The van der Waals surface area contributed by atoms with Crippen LogP contribution >= 0.6 is 0 Å². The molecule has 0 spiro atoms. The van der Waals surface area contributed by atoms with Gasteiger partial charge in [-0.3, -0.25) is 9.69 Å². The van der Waals surface area contributed by atoms with Gasteiger partial charge in [-0.15, -0.1) is 0 Å². The lowest BCUT2D eigenvalue weighted by Gasteiger charge is -2.27. The van der Waals surface area contributed by atoms with Crippen LogP contribution in [0.15, 0.2) is 0 Å². The Morgan fingerprint density at radius 2 is 2.00 bits per heavy atom. The normalized spacial score (nSPS) is 20.6. The van der Waals surface area contributed by atoms with Crippen LogP contribution in [-0.2, 0) is 4.79 Å². The van der Waals surface area contributed by atoms with Gasteiger partial charge < -0.3 is 16.4 Å². The molecule has 1 unspecified atom stereocenters. The molecular weight excluding hydrogens is 228 g/mol. The maximum absolute atomic E-state index is 11.4. The number of unbranched alkanes of at least 4 members (excludes halogenated alkanes) is 1. The lowest BCUT2D eigenvalue weighted by molar-refractivity contribution is -0.123. The second kappa shape index (κ2) is 8.45. The van der Waals surface area contributed by atoms with Gasteiger partial charge in [-0.25, -0.2) is 0 Å². The maximum atomic E-state index is 11.4. The molecule has 1 atom stereocenters. The van der Waals surface area contributed by atoms with Gasteiger partial charge in [-0.2, -0.15) is 0 Å². The van der Waals surface area contributed by atoms with Crippen molar-refractivity contribution in [3.63, 3.8) is 0 Å². The van der Waals surface area contributed by atoms with Crippen LogP contribution in [0.25, 0.3) is 0 Å². The lowest BCUT2D eigenvalue weighted by atomic mass is 10.1. The number of nitrogens with two attached hydrogens (primary N) is 2. The Labute approximate surface area is 110 Å². The molecule has 0 aromatic heterocycles. The van der Waals surface area contributed by atoms with Crippen molar-refractivity contribution in [1.29, 1.82) is 0 Å². The summed E-state index contributed by atoms with van der Waals surface area (Å²) in [5, 5.41) is 0. The molecule has 1 amide bonds. The summed E-state index contributed by atoms with van der Waals surface area (Å²) in [4.78, 5) is 16.1. The number of hydrogen-bond donors (Lipinski definition) is 2. The molecule has 5 heteroatoms. The van der Waals surface area contributed by atoms with E-state index in [-0.39, 0.29) is 11.9 Å². The van der Waals surface area contributed by atoms with Crippen molar-refractivity contribution in [3.8, 4) is 0 Å². The molecule has 0 aliphatic carbocycles. The molecule has 1 aliphatic rings. The zero-order valence-corrected chi connectivity index (χ0v) is 11.6. The Balaban J connectivity index is 2.38. The highest BCUT2D eigenvalue weighted by molar-refractivity contribution is 5.79. The fourth-order valence-electron chi connectivity index (χ4n) is 2.65. The SMILES string of the molecule is CCC(C(N)=O)N1CCCN(CCCCN)CC1. The van der Waals surface area contributed by atoms with Gasteiger partial charge in [-0.05, 0) is 45.3 Å². The lowest BCUT2D eigenvalue weighted by Crippen LogP contribution is -2.46. The molecule has 1 saturated heterocycles. The van der Waals surface area contributed by atoms with E-state index in [1.807, 2.05) is 6.92 Å². The predicted molar refractivity (Wildman–Crippen MR) is 74.2 cm³/mol. The molecule has 0 aromatic rings. The van der Waals surface area contributed by atoms with Gasteiger partial charge in [0.25, 0.3) is 0 Å². The van der Waals surface area contributed by atoms with Crippen molar-refractivity contribution in [2.75, 3.05) is 39.3 Å². The molecule has 0 saturated carbocycles. The van der Waals surface area contributed by atoms with Gasteiger partial charge >= 0.3 is 0 Å². The quantitative estimate of drug-likeness (QED) is 0.629. The van der Waals surface area contributed by atoms with Crippen LogP contribution in [0.5, 0.6) is 0 Å². The molecule has 0 aromatic carbocycles. The predicted octanol–water partition coefficient (Wildman–Crippen LogP) is -0.00310. The van der Waals surface area contributed by atoms with Crippen LogP contribution in [0.3, 0.4) is 0 Å². The summed E-state index contributed by atoms with van der Waals surface area (Å²) in [5.41, 5.74) is 11.0. The van der Waals surface area contributed by atoms with Gasteiger partial charge in [0.2, 0.25) is 5.91 Å². The number of carbonyl (C=O) groups is 1. The highest BCUT2D eigenvalue weighted by Gasteiger charge is 2.24. The minimum atomic E-state index is -0.186. The van der Waals surface area contributed by atoms with Crippen molar-refractivity contribution >= 4 is 5.91 Å². The summed E-state index contributed by atoms with van der Waals surface area (Å²) in [7, 11) is 0. The summed E-state index contributed by atoms with van der Waals surface area (Å²) in [6, 6.07) is -0.0889. The number of carbonyl (C=O) groups excluding carboxylic acids is 1. The third kappa shape index (κ3) is 4.92. The highest BCUT2D eigenvalue weighted by atomic mass is 16.1. The zero-order valence-electron chi connectivity index (χ0n) is 11.6. The van der Waals surface area contributed by atoms with E-state index in [2.05, 4.69) is 9.80 Å². The first-order valence-electron chi connectivity index (χ1n) is 7.14. The van der Waals surface area contributed by atoms with E-state index in [0.717, 1.165) is 58.5 Å². The van der Waals surface area contributed by atoms with Crippen molar-refractivity contribution in [1.82, 2.24) is 9.80 Å². The van der Waals surface area contributed by atoms with Crippen molar-refractivity contribution in [2.24, 2.45) is 11.5 Å². The molecular formula is C13H28N4O. The van der Waals surface area contributed by atoms with Crippen LogP contribution in [0.4, 0.5) is 0 Å². The van der Waals surface area contributed by atoms with Gasteiger partial charge in [0.05, 0.1) is 6.04 Å². The van der Waals surface area contributed by atoms with E-state index in [1.54, 1.807) is 0 Å². The Kier molecular flexibility index (Phi) is 7.23. The number of rotatable bonds is 7. The van der Waals surface area contributed by atoms with Crippen LogP contribution in [0.1, 0.15) is 32.6 Å². The van der Waals surface area contributed by atoms with Crippen molar-refractivity contribution < 1.29 is 4.79 Å². The first-order valence-corrected chi connectivity index (χ1v) is 7.14. The number of hydrogen-bond acceptors (Lipinski definition) is 4. The third-order valence-corrected chi connectivity index (χ3v) is 3.71. The molecule has 0 bridgehead atoms. The van der Waals surface area contributed by atoms with E-state index in [4.69, 9.17) is 11.5 Å². The third-order valence-electron chi connectivity index (χ3n) is 3.71. The maximum Gasteiger partial charge on any atom is 0.234 e. The first kappa shape index (κ1) is 15.4. The monoisotopic (exact) mass is 256 g/mol. The summed E-state index contributed by atoms with van der Waals surface area (Å²) in [5.74, 6) is -0.186.